The maximum Gasteiger partial charge on any atom is 0.339 e. The number of fused-ring (bicyclic) bond motifs is 2. The first-order chi connectivity index (χ1) is 12.6. The first kappa shape index (κ1) is 18.4. The second-order valence-electron chi connectivity index (χ2n) is 9.52. The van der Waals surface area contributed by atoms with Crippen LogP contribution in [-0.4, -0.2) is 21.8 Å². The SMILES string of the molecule is CC(C)=CCC[C@]1(C)[C@@H]2CC[C@]3(C)Oc4cc(C)c(C(=O)O)c(O)c4[C@H]1[C@H]23. The number of carbonyl (C=O) groups is 1. The number of carboxylic acid groups (broad SMARTS) is 1. The Hall–Kier alpha value is -1.97. The number of allylic oxidation sites excluding steroid dienone is 2. The Balaban J connectivity index is 1.84. The van der Waals surface area contributed by atoms with Crippen molar-refractivity contribution in [3.8, 4) is 11.5 Å². The van der Waals surface area contributed by atoms with E-state index >= 15 is 0 Å². The van der Waals surface area contributed by atoms with Gasteiger partial charge in [-0.05, 0) is 76.3 Å². The van der Waals surface area contributed by atoms with Gasteiger partial charge in [-0.25, -0.2) is 4.79 Å². The number of phenols is 1. The van der Waals surface area contributed by atoms with Crippen LogP contribution in [0.15, 0.2) is 17.7 Å². The number of aromatic carboxylic acids is 1. The Morgan fingerprint density at radius 1 is 1.37 bits per heavy atom. The van der Waals surface area contributed by atoms with E-state index in [9.17, 15) is 15.0 Å². The van der Waals surface area contributed by atoms with Gasteiger partial charge in [-0.1, -0.05) is 18.6 Å². The summed E-state index contributed by atoms with van der Waals surface area (Å²) in [6.07, 6.45) is 6.52. The molecule has 0 bridgehead atoms. The highest BCUT2D eigenvalue weighted by Gasteiger charge is 2.70. The van der Waals surface area contributed by atoms with Crippen molar-refractivity contribution >= 4 is 5.97 Å². The minimum atomic E-state index is -1.07. The summed E-state index contributed by atoms with van der Waals surface area (Å²) in [5.41, 5.74) is 2.50. The number of benzene rings is 1. The monoisotopic (exact) mass is 370 g/mol. The summed E-state index contributed by atoms with van der Waals surface area (Å²) < 4.78 is 6.41. The van der Waals surface area contributed by atoms with Crippen molar-refractivity contribution in [1.29, 1.82) is 0 Å². The summed E-state index contributed by atoms with van der Waals surface area (Å²) >= 11 is 0. The van der Waals surface area contributed by atoms with Gasteiger partial charge in [0.05, 0.1) is 0 Å². The van der Waals surface area contributed by atoms with E-state index in [1.165, 1.54) is 5.57 Å². The van der Waals surface area contributed by atoms with Crippen LogP contribution in [0.3, 0.4) is 0 Å². The third-order valence-corrected chi connectivity index (χ3v) is 7.61. The number of rotatable bonds is 4. The lowest BCUT2D eigenvalue weighted by Gasteiger charge is -2.63. The Morgan fingerprint density at radius 2 is 2.07 bits per heavy atom. The molecule has 27 heavy (non-hydrogen) atoms. The molecule has 146 valence electrons. The highest BCUT2D eigenvalue weighted by Crippen LogP contribution is 2.75. The fourth-order valence-electron chi connectivity index (χ4n) is 6.39. The number of hydrogen-bond acceptors (Lipinski definition) is 3. The summed E-state index contributed by atoms with van der Waals surface area (Å²) in [6, 6.07) is 1.82. The Morgan fingerprint density at radius 3 is 2.70 bits per heavy atom. The van der Waals surface area contributed by atoms with Crippen LogP contribution in [-0.2, 0) is 0 Å². The van der Waals surface area contributed by atoms with E-state index < -0.39 is 5.97 Å². The van der Waals surface area contributed by atoms with Gasteiger partial charge in [-0.3, -0.25) is 0 Å². The lowest BCUT2D eigenvalue weighted by molar-refractivity contribution is -0.133. The van der Waals surface area contributed by atoms with Crippen molar-refractivity contribution in [2.24, 2.45) is 17.3 Å². The first-order valence-corrected chi connectivity index (χ1v) is 10.0. The Bertz CT molecular complexity index is 850. The Labute approximate surface area is 161 Å². The molecular weight excluding hydrogens is 340 g/mol. The van der Waals surface area contributed by atoms with Crippen molar-refractivity contribution in [1.82, 2.24) is 0 Å². The number of aryl methyl sites for hydroxylation is 1. The molecule has 0 amide bonds. The molecule has 1 aliphatic heterocycles. The maximum atomic E-state index is 11.7. The lowest BCUT2D eigenvalue weighted by Crippen LogP contribution is -2.60. The largest absolute Gasteiger partial charge is 0.507 e. The normalized spacial score (nSPS) is 35.5. The molecular formula is C23H30O4. The highest BCUT2D eigenvalue weighted by atomic mass is 16.5. The van der Waals surface area contributed by atoms with Crippen molar-refractivity contribution < 1.29 is 19.7 Å². The third kappa shape index (κ3) is 2.38. The van der Waals surface area contributed by atoms with E-state index in [-0.39, 0.29) is 28.2 Å². The fraction of sp³-hybridized carbons (Fsp3) is 0.609. The smallest absolute Gasteiger partial charge is 0.339 e. The van der Waals surface area contributed by atoms with E-state index in [0.29, 0.717) is 23.1 Å². The van der Waals surface area contributed by atoms with E-state index in [0.717, 1.165) is 31.2 Å². The molecule has 0 unspecified atom stereocenters. The van der Waals surface area contributed by atoms with Gasteiger partial charge in [0.15, 0.2) is 0 Å². The summed E-state index contributed by atoms with van der Waals surface area (Å²) in [7, 11) is 0. The zero-order valence-corrected chi connectivity index (χ0v) is 16.9. The van der Waals surface area contributed by atoms with Crippen LogP contribution in [0.4, 0.5) is 0 Å². The van der Waals surface area contributed by atoms with E-state index in [4.69, 9.17) is 4.74 Å². The molecule has 0 spiro atoms. The van der Waals surface area contributed by atoms with Crippen molar-refractivity contribution in [2.45, 2.75) is 71.8 Å². The quantitative estimate of drug-likeness (QED) is 0.694. The number of aromatic hydroxyl groups is 1. The minimum absolute atomic E-state index is 0.0223. The predicted molar refractivity (Wildman–Crippen MR) is 105 cm³/mol. The van der Waals surface area contributed by atoms with Crippen LogP contribution in [0.1, 0.15) is 80.8 Å². The van der Waals surface area contributed by atoms with Gasteiger partial charge < -0.3 is 14.9 Å². The molecule has 2 aliphatic carbocycles. The Kier molecular flexibility index (Phi) is 3.93. The van der Waals surface area contributed by atoms with E-state index in [1.54, 1.807) is 6.92 Å². The molecule has 1 heterocycles. The van der Waals surface area contributed by atoms with Crippen molar-refractivity contribution in [3.05, 3.63) is 34.4 Å². The highest BCUT2D eigenvalue weighted by molar-refractivity contribution is 5.94. The molecule has 2 saturated carbocycles. The summed E-state index contributed by atoms with van der Waals surface area (Å²) in [6.45, 7) is 10.5. The van der Waals surface area contributed by atoms with Gasteiger partial charge in [0, 0.05) is 17.4 Å². The fourth-order valence-corrected chi connectivity index (χ4v) is 6.39. The molecule has 2 N–H and O–H groups in total. The van der Waals surface area contributed by atoms with Gasteiger partial charge in [0.2, 0.25) is 0 Å². The van der Waals surface area contributed by atoms with Crippen LogP contribution in [0.25, 0.3) is 0 Å². The van der Waals surface area contributed by atoms with Crippen molar-refractivity contribution in [2.75, 3.05) is 0 Å². The maximum absolute atomic E-state index is 11.7. The molecule has 5 atom stereocenters. The topological polar surface area (TPSA) is 66.8 Å². The standard InChI is InChI=1S/C23H30O4/c1-12(2)7-6-9-22(4)14-8-10-23(5)18(14)19(22)17-15(27-23)11-13(3)16(20(17)24)21(25)26/h7,11,14,18-19,24H,6,8-10H2,1-5H3,(H,25,26)/t14-,18+,19+,22-,23+/m1/s1. The molecule has 0 aromatic heterocycles. The van der Waals surface area contributed by atoms with Gasteiger partial charge in [-0.15, -0.1) is 0 Å². The minimum Gasteiger partial charge on any atom is -0.507 e. The van der Waals surface area contributed by atoms with E-state index in [2.05, 4.69) is 33.8 Å². The molecule has 0 saturated heterocycles. The van der Waals surface area contributed by atoms with Gasteiger partial charge in [0.1, 0.15) is 22.7 Å². The summed E-state index contributed by atoms with van der Waals surface area (Å²) in [5, 5.41) is 20.6. The third-order valence-electron chi connectivity index (χ3n) is 7.61. The van der Waals surface area contributed by atoms with E-state index in [1.807, 2.05) is 6.07 Å². The van der Waals surface area contributed by atoms with Gasteiger partial charge in [0.25, 0.3) is 0 Å². The van der Waals surface area contributed by atoms with Crippen LogP contribution in [0, 0.1) is 24.2 Å². The molecule has 4 rings (SSSR count). The second kappa shape index (κ2) is 5.76. The van der Waals surface area contributed by atoms with Gasteiger partial charge >= 0.3 is 5.97 Å². The van der Waals surface area contributed by atoms with Crippen LogP contribution in [0.5, 0.6) is 11.5 Å². The number of ether oxygens (including phenoxy) is 1. The zero-order valence-electron chi connectivity index (χ0n) is 16.9. The molecule has 2 fully saturated rings. The molecule has 3 aliphatic rings. The van der Waals surface area contributed by atoms with Crippen LogP contribution >= 0.6 is 0 Å². The second-order valence-corrected chi connectivity index (χ2v) is 9.52. The predicted octanol–water partition coefficient (Wildman–Crippen LogP) is 5.43. The molecule has 4 nitrogen and oxygen atoms in total. The van der Waals surface area contributed by atoms with Crippen LogP contribution < -0.4 is 4.74 Å². The zero-order chi connectivity index (χ0) is 19.7. The average Bonchev–Trinajstić information content (AvgIpc) is 2.87. The van der Waals surface area contributed by atoms with Crippen LogP contribution in [0.2, 0.25) is 0 Å². The van der Waals surface area contributed by atoms with Crippen molar-refractivity contribution in [3.63, 3.8) is 0 Å². The average molecular weight is 370 g/mol. The molecule has 0 radical (unpaired) electrons. The molecule has 1 aromatic rings. The lowest BCUT2D eigenvalue weighted by atomic mass is 9.43. The molecule has 4 heteroatoms. The number of hydrogen-bond donors (Lipinski definition) is 2. The summed E-state index contributed by atoms with van der Waals surface area (Å²) in [5.74, 6) is 0.616. The number of carboxylic acids is 1. The first-order valence-electron chi connectivity index (χ1n) is 10.0. The van der Waals surface area contributed by atoms with Gasteiger partial charge in [-0.2, -0.15) is 0 Å². The molecule has 1 aromatic carbocycles. The summed E-state index contributed by atoms with van der Waals surface area (Å²) in [4.78, 5) is 11.7.